The first-order valence-electron chi connectivity index (χ1n) is 6.93. The van der Waals surface area contributed by atoms with E-state index < -0.39 is 0 Å². The molecule has 2 aromatic heterocycles. The lowest BCUT2D eigenvalue weighted by molar-refractivity contribution is 0.234. The first-order valence-corrected chi connectivity index (χ1v) is 7.81. The molecule has 0 spiro atoms. The molecule has 3 heterocycles. The molecule has 100 valence electrons. The second-order valence-electron chi connectivity index (χ2n) is 5.09. The highest BCUT2D eigenvalue weighted by atomic mass is 32.1. The van der Waals surface area contributed by atoms with Crippen LogP contribution in [-0.2, 0) is 13.0 Å². The molecule has 1 aliphatic rings. The van der Waals surface area contributed by atoms with Crippen molar-refractivity contribution in [2.24, 2.45) is 0 Å². The van der Waals surface area contributed by atoms with Crippen molar-refractivity contribution in [2.75, 3.05) is 6.54 Å². The average Bonchev–Trinajstić information content (AvgIpc) is 3.10. The van der Waals surface area contributed by atoms with Crippen molar-refractivity contribution < 1.29 is 0 Å². The molecule has 19 heavy (non-hydrogen) atoms. The zero-order valence-electron chi connectivity index (χ0n) is 11.0. The summed E-state index contributed by atoms with van der Waals surface area (Å²) >= 11 is 1.77. The Labute approximate surface area is 118 Å². The minimum atomic E-state index is 0.720. The number of nitrogens with zero attached hydrogens (tertiary/aromatic N) is 3. The molecule has 0 bridgehead atoms. The maximum Gasteiger partial charge on any atom is 0.107 e. The van der Waals surface area contributed by atoms with Crippen LogP contribution in [0.4, 0.5) is 0 Å². The summed E-state index contributed by atoms with van der Waals surface area (Å²) in [5, 5.41) is 3.31. The summed E-state index contributed by atoms with van der Waals surface area (Å²) in [6, 6.07) is 4.97. The standard InChI is InChI=1S/C15H19N3S/c1-2-14(4-3-13-5-7-16-8-6-13)18(10-1)12-15-17-9-11-19-15/h5-9,11,14H,1-4,10,12H2/t14-/m1/s1. The van der Waals surface area contributed by atoms with Gasteiger partial charge < -0.3 is 0 Å². The minimum Gasteiger partial charge on any atom is -0.294 e. The highest BCUT2D eigenvalue weighted by Crippen LogP contribution is 2.24. The van der Waals surface area contributed by atoms with Gasteiger partial charge in [-0.1, -0.05) is 0 Å². The lowest BCUT2D eigenvalue weighted by Gasteiger charge is -2.23. The highest BCUT2D eigenvalue weighted by molar-refractivity contribution is 7.09. The third-order valence-corrected chi connectivity index (χ3v) is 4.60. The van der Waals surface area contributed by atoms with Gasteiger partial charge in [-0.3, -0.25) is 9.88 Å². The summed E-state index contributed by atoms with van der Waals surface area (Å²) < 4.78 is 0. The number of hydrogen-bond donors (Lipinski definition) is 0. The molecule has 0 aromatic carbocycles. The topological polar surface area (TPSA) is 29.0 Å². The van der Waals surface area contributed by atoms with Crippen LogP contribution in [0.1, 0.15) is 29.8 Å². The molecule has 2 aromatic rings. The lowest BCUT2D eigenvalue weighted by Crippen LogP contribution is -2.29. The summed E-state index contributed by atoms with van der Waals surface area (Å²) in [5.41, 5.74) is 1.40. The summed E-state index contributed by atoms with van der Waals surface area (Å²) in [6.07, 6.45) is 10.7. The van der Waals surface area contributed by atoms with Gasteiger partial charge in [-0.15, -0.1) is 11.3 Å². The van der Waals surface area contributed by atoms with Gasteiger partial charge >= 0.3 is 0 Å². The monoisotopic (exact) mass is 273 g/mol. The van der Waals surface area contributed by atoms with Crippen LogP contribution in [0, 0.1) is 0 Å². The van der Waals surface area contributed by atoms with E-state index in [1.54, 1.807) is 11.3 Å². The van der Waals surface area contributed by atoms with Crippen LogP contribution in [0.25, 0.3) is 0 Å². The van der Waals surface area contributed by atoms with E-state index in [2.05, 4.69) is 32.4 Å². The molecule has 0 amide bonds. The molecular weight excluding hydrogens is 254 g/mol. The van der Waals surface area contributed by atoms with Crippen LogP contribution in [-0.4, -0.2) is 27.5 Å². The molecule has 3 rings (SSSR count). The van der Waals surface area contributed by atoms with Crippen molar-refractivity contribution in [3.63, 3.8) is 0 Å². The van der Waals surface area contributed by atoms with E-state index in [-0.39, 0.29) is 0 Å². The maximum atomic E-state index is 4.40. The Kier molecular flexibility index (Phi) is 4.20. The Bertz CT molecular complexity index is 483. The fourth-order valence-electron chi connectivity index (χ4n) is 2.82. The Morgan fingerprint density at radius 1 is 1.26 bits per heavy atom. The van der Waals surface area contributed by atoms with E-state index in [4.69, 9.17) is 0 Å². The number of pyridine rings is 1. The molecule has 0 unspecified atom stereocenters. The van der Waals surface area contributed by atoms with Crippen molar-refractivity contribution in [1.82, 2.24) is 14.9 Å². The van der Waals surface area contributed by atoms with Crippen molar-refractivity contribution >= 4 is 11.3 Å². The predicted octanol–water partition coefficient (Wildman–Crippen LogP) is 3.14. The zero-order chi connectivity index (χ0) is 12.9. The van der Waals surface area contributed by atoms with E-state index in [9.17, 15) is 0 Å². The predicted molar refractivity (Wildman–Crippen MR) is 78.1 cm³/mol. The van der Waals surface area contributed by atoms with Crippen LogP contribution in [0.5, 0.6) is 0 Å². The van der Waals surface area contributed by atoms with Gasteiger partial charge in [-0.25, -0.2) is 4.98 Å². The third kappa shape index (κ3) is 3.39. The van der Waals surface area contributed by atoms with Gasteiger partial charge in [0.15, 0.2) is 0 Å². The molecule has 3 nitrogen and oxygen atoms in total. The summed E-state index contributed by atoms with van der Waals surface area (Å²) in [4.78, 5) is 11.1. The number of rotatable bonds is 5. The fraction of sp³-hybridized carbons (Fsp3) is 0.467. The Balaban J connectivity index is 1.55. The number of hydrogen-bond acceptors (Lipinski definition) is 4. The highest BCUT2D eigenvalue weighted by Gasteiger charge is 2.24. The number of aromatic nitrogens is 2. The van der Waals surface area contributed by atoms with Crippen LogP contribution in [0.15, 0.2) is 36.1 Å². The van der Waals surface area contributed by atoms with Gasteiger partial charge in [0, 0.05) is 30.0 Å². The van der Waals surface area contributed by atoms with E-state index >= 15 is 0 Å². The molecule has 1 atom stereocenters. The molecule has 0 aliphatic carbocycles. The van der Waals surface area contributed by atoms with Crippen molar-refractivity contribution in [3.05, 3.63) is 46.7 Å². The van der Waals surface area contributed by atoms with Gasteiger partial charge in [0.25, 0.3) is 0 Å². The fourth-order valence-corrected chi connectivity index (χ4v) is 3.46. The van der Waals surface area contributed by atoms with Crippen molar-refractivity contribution in [2.45, 2.75) is 38.3 Å². The molecule has 0 radical (unpaired) electrons. The second kappa shape index (κ2) is 6.26. The Hall–Kier alpha value is -1.26. The first kappa shape index (κ1) is 12.8. The van der Waals surface area contributed by atoms with Gasteiger partial charge in [-0.05, 0) is 49.9 Å². The molecule has 1 aliphatic heterocycles. The van der Waals surface area contributed by atoms with Crippen LogP contribution < -0.4 is 0 Å². The van der Waals surface area contributed by atoms with E-state index in [0.717, 1.165) is 19.0 Å². The van der Waals surface area contributed by atoms with E-state index in [0.29, 0.717) is 0 Å². The number of thiazole rings is 1. The van der Waals surface area contributed by atoms with Crippen LogP contribution in [0.3, 0.4) is 0 Å². The van der Waals surface area contributed by atoms with E-state index in [1.165, 1.54) is 36.4 Å². The zero-order valence-corrected chi connectivity index (χ0v) is 11.9. The minimum absolute atomic E-state index is 0.720. The second-order valence-corrected chi connectivity index (χ2v) is 6.07. The number of aryl methyl sites for hydroxylation is 1. The lowest BCUT2D eigenvalue weighted by atomic mass is 10.0. The Morgan fingerprint density at radius 3 is 2.95 bits per heavy atom. The van der Waals surface area contributed by atoms with E-state index in [1.807, 2.05) is 18.6 Å². The summed E-state index contributed by atoms with van der Waals surface area (Å²) in [7, 11) is 0. The quantitative estimate of drug-likeness (QED) is 0.838. The largest absolute Gasteiger partial charge is 0.294 e. The van der Waals surface area contributed by atoms with Gasteiger partial charge in [-0.2, -0.15) is 0 Å². The van der Waals surface area contributed by atoms with Crippen LogP contribution in [0.2, 0.25) is 0 Å². The molecule has 1 saturated heterocycles. The normalized spacial score (nSPS) is 19.9. The maximum absolute atomic E-state index is 4.40. The first-order chi connectivity index (χ1) is 9.42. The summed E-state index contributed by atoms with van der Waals surface area (Å²) in [5.74, 6) is 0. The Morgan fingerprint density at radius 2 is 2.16 bits per heavy atom. The van der Waals surface area contributed by atoms with Gasteiger partial charge in [0.1, 0.15) is 5.01 Å². The molecule has 4 heteroatoms. The molecule has 1 fully saturated rings. The molecular formula is C15H19N3S. The number of likely N-dealkylation sites (tertiary alicyclic amines) is 1. The SMILES string of the molecule is c1cc(CC[C@H]2CCCN2Cc2nccs2)ccn1. The van der Waals surface area contributed by atoms with Gasteiger partial charge in [0.05, 0.1) is 6.54 Å². The molecule has 0 saturated carbocycles. The average molecular weight is 273 g/mol. The van der Waals surface area contributed by atoms with Gasteiger partial charge in [0.2, 0.25) is 0 Å². The van der Waals surface area contributed by atoms with Crippen LogP contribution >= 0.6 is 11.3 Å². The van der Waals surface area contributed by atoms with Crippen molar-refractivity contribution in [3.8, 4) is 0 Å². The third-order valence-electron chi connectivity index (χ3n) is 3.84. The van der Waals surface area contributed by atoms with Crippen molar-refractivity contribution in [1.29, 1.82) is 0 Å². The molecule has 0 N–H and O–H groups in total. The summed E-state index contributed by atoms with van der Waals surface area (Å²) in [6.45, 7) is 2.25. The smallest absolute Gasteiger partial charge is 0.107 e.